The molecule has 0 spiro atoms. The Kier molecular flexibility index (Phi) is 4.51. The summed E-state index contributed by atoms with van der Waals surface area (Å²) in [7, 11) is 1.48. The fraction of sp³-hybridized carbons (Fsp3) is 0.667. The molecular formula is C6H10N2O. The topological polar surface area (TPSA) is 45.4 Å². The molecule has 0 aliphatic carbocycles. The van der Waals surface area contributed by atoms with Gasteiger partial charge in [0.15, 0.2) is 0 Å². The molecule has 3 heteroatoms. The SMILES string of the molecule is CO/N=C/CC(C)C#N. The molecule has 0 N–H and O–H groups in total. The van der Waals surface area contributed by atoms with E-state index in [4.69, 9.17) is 5.26 Å². The molecule has 0 aliphatic rings. The molecule has 3 nitrogen and oxygen atoms in total. The largest absolute Gasteiger partial charge is 0.399 e. The standard InChI is InChI=1S/C6H10N2O/c1-6(5-7)3-4-8-9-2/h4,6H,3H2,1-2H3/b8-4+. The fourth-order valence-corrected chi connectivity index (χ4v) is 0.328. The second-order valence-corrected chi connectivity index (χ2v) is 1.74. The normalized spacial score (nSPS) is 13.0. The molecule has 9 heavy (non-hydrogen) atoms. The van der Waals surface area contributed by atoms with Gasteiger partial charge in [-0.2, -0.15) is 5.26 Å². The Balaban J connectivity index is 3.29. The van der Waals surface area contributed by atoms with Gasteiger partial charge in [-0.1, -0.05) is 5.16 Å². The molecule has 0 saturated carbocycles. The molecule has 50 valence electrons. The van der Waals surface area contributed by atoms with E-state index in [-0.39, 0.29) is 5.92 Å². The molecule has 0 rings (SSSR count). The summed E-state index contributed by atoms with van der Waals surface area (Å²) in [5.74, 6) is 0.0314. The summed E-state index contributed by atoms with van der Waals surface area (Å²) in [5.41, 5.74) is 0. The maximum atomic E-state index is 8.28. The molecule has 0 saturated heterocycles. The lowest BCUT2D eigenvalue weighted by Gasteiger charge is -1.91. The molecule has 0 aliphatic heterocycles. The van der Waals surface area contributed by atoms with Crippen LogP contribution in [0.5, 0.6) is 0 Å². The maximum absolute atomic E-state index is 8.28. The van der Waals surface area contributed by atoms with Gasteiger partial charge in [0, 0.05) is 18.6 Å². The van der Waals surface area contributed by atoms with Crippen LogP contribution < -0.4 is 0 Å². The number of hydrogen-bond acceptors (Lipinski definition) is 3. The third-order valence-electron chi connectivity index (χ3n) is 0.859. The van der Waals surface area contributed by atoms with E-state index >= 15 is 0 Å². The van der Waals surface area contributed by atoms with Gasteiger partial charge in [-0.15, -0.1) is 0 Å². The van der Waals surface area contributed by atoms with Gasteiger partial charge in [0.1, 0.15) is 7.11 Å². The van der Waals surface area contributed by atoms with Crippen LogP contribution in [0, 0.1) is 17.2 Å². The van der Waals surface area contributed by atoms with Crippen LogP contribution in [0.2, 0.25) is 0 Å². The highest BCUT2D eigenvalue weighted by Gasteiger charge is 1.93. The van der Waals surface area contributed by atoms with Crippen molar-refractivity contribution >= 4 is 6.21 Å². The first kappa shape index (κ1) is 7.96. The van der Waals surface area contributed by atoms with Gasteiger partial charge in [0.05, 0.1) is 6.07 Å². The lowest BCUT2D eigenvalue weighted by atomic mass is 10.1. The predicted molar refractivity (Wildman–Crippen MR) is 34.9 cm³/mol. The van der Waals surface area contributed by atoms with Crippen molar-refractivity contribution in [1.82, 2.24) is 0 Å². The van der Waals surface area contributed by atoms with E-state index in [2.05, 4.69) is 16.1 Å². The molecule has 1 atom stereocenters. The monoisotopic (exact) mass is 126 g/mol. The van der Waals surface area contributed by atoms with Gasteiger partial charge in [-0.05, 0) is 6.92 Å². The van der Waals surface area contributed by atoms with Crippen LogP contribution in [0.3, 0.4) is 0 Å². The van der Waals surface area contributed by atoms with E-state index in [0.29, 0.717) is 6.42 Å². The Morgan fingerprint density at radius 2 is 2.56 bits per heavy atom. The first-order valence-electron chi connectivity index (χ1n) is 2.76. The molecule has 0 heterocycles. The first-order valence-corrected chi connectivity index (χ1v) is 2.76. The second-order valence-electron chi connectivity index (χ2n) is 1.74. The van der Waals surface area contributed by atoms with Crippen molar-refractivity contribution in [3.63, 3.8) is 0 Å². The molecule has 0 bridgehead atoms. The summed E-state index contributed by atoms with van der Waals surface area (Å²) in [6.07, 6.45) is 2.25. The molecule has 0 aromatic rings. The first-order chi connectivity index (χ1) is 4.31. The zero-order valence-corrected chi connectivity index (χ0v) is 5.66. The van der Waals surface area contributed by atoms with Crippen LogP contribution in [0.1, 0.15) is 13.3 Å². The summed E-state index contributed by atoms with van der Waals surface area (Å²) in [6, 6.07) is 2.08. The summed E-state index contributed by atoms with van der Waals surface area (Å²) in [4.78, 5) is 4.40. The van der Waals surface area contributed by atoms with E-state index in [1.54, 1.807) is 6.21 Å². The number of oxime groups is 1. The van der Waals surface area contributed by atoms with Crippen molar-refractivity contribution in [2.45, 2.75) is 13.3 Å². The molecule has 0 radical (unpaired) electrons. The number of hydrogen-bond donors (Lipinski definition) is 0. The van der Waals surface area contributed by atoms with Crippen molar-refractivity contribution in [2.24, 2.45) is 11.1 Å². The average molecular weight is 126 g/mol. The Morgan fingerprint density at radius 3 is 3.00 bits per heavy atom. The summed E-state index contributed by atoms with van der Waals surface area (Å²) < 4.78 is 0. The molecule has 0 aromatic heterocycles. The minimum Gasteiger partial charge on any atom is -0.399 e. The lowest BCUT2D eigenvalue weighted by molar-refractivity contribution is 0.214. The zero-order valence-electron chi connectivity index (χ0n) is 5.66. The van der Waals surface area contributed by atoms with Crippen molar-refractivity contribution in [2.75, 3.05) is 7.11 Å². The van der Waals surface area contributed by atoms with Crippen molar-refractivity contribution in [3.05, 3.63) is 0 Å². The van der Waals surface area contributed by atoms with E-state index in [9.17, 15) is 0 Å². The molecule has 0 fully saturated rings. The van der Waals surface area contributed by atoms with Gasteiger partial charge in [-0.25, -0.2) is 0 Å². The highest BCUT2D eigenvalue weighted by atomic mass is 16.6. The van der Waals surface area contributed by atoms with Gasteiger partial charge >= 0.3 is 0 Å². The van der Waals surface area contributed by atoms with Crippen LogP contribution in [0.25, 0.3) is 0 Å². The third-order valence-corrected chi connectivity index (χ3v) is 0.859. The van der Waals surface area contributed by atoms with Gasteiger partial charge in [0.25, 0.3) is 0 Å². The zero-order chi connectivity index (χ0) is 7.11. The van der Waals surface area contributed by atoms with Gasteiger partial charge in [-0.3, -0.25) is 0 Å². The smallest absolute Gasteiger partial charge is 0.106 e. The third kappa shape index (κ3) is 4.82. The number of nitrogens with zero attached hydrogens (tertiary/aromatic N) is 2. The molecule has 0 amide bonds. The summed E-state index contributed by atoms with van der Waals surface area (Å²) in [6.45, 7) is 1.84. The minimum atomic E-state index is 0.0314. The van der Waals surface area contributed by atoms with E-state index in [1.165, 1.54) is 7.11 Å². The second kappa shape index (κ2) is 5.10. The Morgan fingerprint density at radius 1 is 1.89 bits per heavy atom. The minimum absolute atomic E-state index is 0.0314. The highest BCUT2D eigenvalue weighted by molar-refractivity contribution is 5.57. The predicted octanol–water partition coefficient (Wildman–Crippen LogP) is 1.17. The van der Waals surface area contributed by atoms with Crippen LogP contribution in [0.4, 0.5) is 0 Å². The molecule has 1 unspecified atom stereocenters. The fourth-order valence-electron chi connectivity index (χ4n) is 0.328. The molecular weight excluding hydrogens is 116 g/mol. The summed E-state index contributed by atoms with van der Waals surface area (Å²) in [5, 5.41) is 11.8. The van der Waals surface area contributed by atoms with Gasteiger partial charge in [0.2, 0.25) is 0 Å². The van der Waals surface area contributed by atoms with Crippen molar-refractivity contribution < 1.29 is 4.84 Å². The van der Waals surface area contributed by atoms with Crippen LogP contribution in [-0.4, -0.2) is 13.3 Å². The average Bonchev–Trinajstić information content (AvgIpc) is 1.89. The lowest BCUT2D eigenvalue weighted by Crippen LogP contribution is -1.89. The maximum Gasteiger partial charge on any atom is 0.106 e. The summed E-state index contributed by atoms with van der Waals surface area (Å²) >= 11 is 0. The Hall–Kier alpha value is -1.04. The molecule has 0 aromatic carbocycles. The van der Waals surface area contributed by atoms with E-state index in [1.807, 2.05) is 6.92 Å². The Labute approximate surface area is 54.9 Å². The van der Waals surface area contributed by atoms with Crippen molar-refractivity contribution in [3.8, 4) is 6.07 Å². The van der Waals surface area contributed by atoms with Crippen LogP contribution in [-0.2, 0) is 4.84 Å². The number of nitriles is 1. The van der Waals surface area contributed by atoms with E-state index in [0.717, 1.165) is 0 Å². The van der Waals surface area contributed by atoms with Crippen molar-refractivity contribution in [1.29, 1.82) is 5.26 Å². The van der Waals surface area contributed by atoms with Crippen LogP contribution in [0.15, 0.2) is 5.16 Å². The highest BCUT2D eigenvalue weighted by Crippen LogP contribution is 1.94. The number of rotatable bonds is 3. The van der Waals surface area contributed by atoms with Crippen LogP contribution >= 0.6 is 0 Å². The quantitative estimate of drug-likeness (QED) is 0.421. The van der Waals surface area contributed by atoms with Gasteiger partial charge < -0.3 is 4.84 Å². The van der Waals surface area contributed by atoms with E-state index < -0.39 is 0 Å². The Bertz CT molecular complexity index is 126.